The van der Waals surface area contributed by atoms with E-state index in [-0.39, 0.29) is 0 Å². The summed E-state index contributed by atoms with van der Waals surface area (Å²) < 4.78 is 5.50. The minimum Gasteiger partial charge on any atom is -0.357 e. The molecule has 1 aromatic carbocycles. The molecule has 0 radical (unpaired) electrons. The second-order valence-corrected chi connectivity index (χ2v) is 7.34. The largest absolute Gasteiger partial charge is 0.357 e. The number of anilines is 1. The van der Waals surface area contributed by atoms with Crippen molar-refractivity contribution in [1.82, 2.24) is 20.0 Å². The predicted molar refractivity (Wildman–Crippen MR) is 103 cm³/mol. The molecule has 1 saturated heterocycles. The Balaban J connectivity index is 1.26. The molecule has 0 amide bonds. The van der Waals surface area contributed by atoms with Crippen molar-refractivity contribution in [2.75, 3.05) is 24.5 Å². The summed E-state index contributed by atoms with van der Waals surface area (Å²) in [5.41, 5.74) is 3.74. The van der Waals surface area contributed by atoms with Crippen LogP contribution in [-0.2, 0) is 19.5 Å². The molecule has 2 aliphatic heterocycles. The lowest BCUT2D eigenvalue weighted by Gasteiger charge is -2.27. The molecule has 1 fully saturated rings. The fraction of sp³-hybridized carbons (Fsp3) is 0.381. The summed E-state index contributed by atoms with van der Waals surface area (Å²) in [7, 11) is 0. The SMILES string of the molecule is c1ccc2c(c1)CCN(Cc1nc(-c3ccc(N4CCCC4)nc3)no1)C2. The Morgan fingerprint density at radius 1 is 0.963 bits per heavy atom. The normalized spacial score (nSPS) is 17.3. The molecule has 27 heavy (non-hydrogen) atoms. The Morgan fingerprint density at radius 2 is 1.81 bits per heavy atom. The Bertz CT molecular complexity index is 914. The van der Waals surface area contributed by atoms with Gasteiger partial charge in [-0.1, -0.05) is 29.4 Å². The highest BCUT2D eigenvalue weighted by Crippen LogP contribution is 2.23. The van der Waals surface area contributed by atoms with Gasteiger partial charge in [-0.2, -0.15) is 4.98 Å². The highest BCUT2D eigenvalue weighted by molar-refractivity contribution is 5.56. The average Bonchev–Trinajstić information content (AvgIpc) is 3.40. The van der Waals surface area contributed by atoms with Crippen LogP contribution in [0.25, 0.3) is 11.4 Å². The zero-order chi connectivity index (χ0) is 18.1. The predicted octanol–water partition coefficient (Wildman–Crippen LogP) is 3.29. The number of rotatable bonds is 4. The molecule has 0 saturated carbocycles. The molecule has 0 spiro atoms. The summed E-state index contributed by atoms with van der Waals surface area (Å²) in [5, 5.41) is 4.16. The molecular formula is C21H23N5O. The molecule has 6 heteroatoms. The van der Waals surface area contributed by atoms with E-state index in [1.807, 2.05) is 12.3 Å². The van der Waals surface area contributed by atoms with E-state index in [1.54, 1.807) is 0 Å². The van der Waals surface area contributed by atoms with Gasteiger partial charge < -0.3 is 9.42 Å². The molecule has 6 nitrogen and oxygen atoms in total. The first-order valence-corrected chi connectivity index (χ1v) is 9.68. The van der Waals surface area contributed by atoms with Crippen molar-refractivity contribution in [3.05, 3.63) is 59.6 Å². The fourth-order valence-electron chi connectivity index (χ4n) is 3.97. The van der Waals surface area contributed by atoms with Crippen LogP contribution < -0.4 is 4.90 Å². The number of hydrogen-bond acceptors (Lipinski definition) is 6. The van der Waals surface area contributed by atoms with Crippen LogP contribution in [0.2, 0.25) is 0 Å². The second kappa shape index (κ2) is 7.12. The third-order valence-electron chi connectivity index (χ3n) is 5.47. The molecular weight excluding hydrogens is 338 g/mol. The summed E-state index contributed by atoms with van der Waals surface area (Å²) in [4.78, 5) is 13.8. The van der Waals surface area contributed by atoms with E-state index in [9.17, 15) is 0 Å². The minimum absolute atomic E-state index is 0.614. The first-order valence-electron chi connectivity index (χ1n) is 9.68. The maximum Gasteiger partial charge on any atom is 0.241 e. The third-order valence-corrected chi connectivity index (χ3v) is 5.47. The van der Waals surface area contributed by atoms with Crippen LogP contribution in [-0.4, -0.2) is 39.7 Å². The molecule has 3 aromatic rings. The number of benzene rings is 1. The standard InChI is InChI=1S/C21H23N5O/c1-2-6-18-14-25(12-9-16(18)5-1)15-20-23-21(24-27-20)17-7-8-19(22-13-17)26-10-3-4-11-26/h1-2,5-8,13H,3-4,9-12,14-15H2. The van der Waals surface area contributed by atoms with Gasteiger partial charge in [0.2, 0.25) is 11.7 Å². The number of pyridine rings is 1. The van der Waals surface area contributed by atoms with E-state index in [4.69, 9.17) is 4.52 Å². The monoisotopic (exact) mass is 361 g/mol. The van der Waals surface area contributed by atoms with Crippen LogP contribution in [0, 0.1) is 0 Å². The van der Waals surface area contributed by atoms with Gasteiger partial charge in [-0.25, -0.2) is 4.98 Å². The fourth-order valence-corrected chi connectivity index (χ4v) is 3.97. The molecule has 4 heterocycles. The van der Waals surface area contributed by atoms with Gasteiger partial charge in [-0.3, -0.25) is 4.90 Å². The molecule has 0 unspecified atom stereocenters. The van der Waals surface area contributed by atoms with E-state index in [0.29, 0.717) is 18.3 Å². The van der Waals surface area contributed by atoms with Gasteiger partial charge in [-0.05, 0) is 42.5 Å². The number of fused-ring (bicyclic) bond motifs is 1. The maximum atomic E-state index is 5.50. The zero-order valence-corrected chi connectivity index (χ0v) is 15.3. The Labute approximate surface area is 158 Å². The van der Waals surface area contributed by atoms with Gasteiger partial charge in [0.15, 0.2) is 0 Å². The minimum atomic E-state index is 0.614. The van der Waals surface area contributed by atoms with Crippen molar-refractivity contribution in [3.8, 4) is 11.4 Å². The van der Waals surface area contributed by atoms with Crippen molar-refractivity contribution < 1.29 is 4.52 Å². The topological polar surface area (TPSA) is 58.3 Å². The lowest BCUT2D eigenvalue weighted by molar-refractivity contribution is 0.210. The van der Waals surface area contributed by atoms with E-state index in [0.717, 1.165) is 44.0 Å². The van der Waals surface area contributed by atoms with Crippen molar-refractivity contribution >= 4 is 5.82 Å². The lowest BCUT2D eigenvalue weighted by atomic mass is 10.00. The maximum absolute atomic E-state index is 5.50. The van der Waals surface area contributed by atoms with Crippen molar-refractivity contribution in [3.63, 3.8) is 0 Å². The van der Waals surface area contributed by atoms with Crippen LogP contribution in [0.4, 0.5) is 5.82 Å². The highest BCUT2D eigenvalue weighted by atomic mass is 16.5. The van der Waals surface area contributed by atoms with Gasteiger partial charge in [0.1, 0.15) is 5.82 Å². The summed E-state index contributed by atoms with van der Waals surface area (Å²) in [5.74, 6) is 2.31. The molecule has 0 N–H and O–H groups in total. The van der Waals surface area contributed by atoms with Gasteiger partial charge in [-0.15, -0.1) is 0 Å². The smallest absolute Gasteiger partial charge is 0.241 e. The second-order valence-electron chi connectivity index (χ2n) is 7.34. The molecule has 0 bridgehead atoms. The summed E-state index contributed by atoms with van der Waals surface area (Å²) in [6, 6.07) is 12.7. The highest BCUT2D eigenvalue weighted by Gasteiger charge is 2.19. The first kappa shape index (κ1) is 16.4. The number of aromatic nitrogens is 3. The Kier molecular flexibility index (Phi) is 4.33. The molecule has 2 aromatic heterocycles. The zero-order valence-electron chi connectivity index (χ0n) is 15.3. The van der Waals surface area contributed by atoms with Crippen LogP contribution >= 0.6 is 0 Å². The molecule has 0 aliphatic carbocycles. The molecule has 5 rings (SSSR count). The van der Waals surface area contributed by atoms with Crippen LogP contribution in [0.3, 0.4) is 0 Å². The van der Waals surface area contributed by atoms with Gasteiger partial charge in [0, 0.05) is 37.9 Å². The van der Waals surface area contributed by atoms with Crippen LogP contribution in [0.5, 0.6) is 0 Å². The van der Waals surface area contributed by atoms with Crippen molar-refractivity contribution in [1.29, 1.82) is 0 Å². The Hall–Kier alpha value is -2.73. The van der Waals surface area contributed by atoms with Gasteiger partial charge in [0.25, 0.3) is 0 Å². The van der Waals surface area contributed by atoms with E-state index >= 15 is 0 Å². The molecule has 138 valence electrons. The Morgan fingerprint density at radius 3 is 2.63 bits per heavy atom. The van der Waals surface area contributed by atoms with E-state index < -0.39 is 0 Å². The number of nitrogens with zero attached hydrogens (tertiary/aromatic N) is 5. The summed E-state index contributed by atoms with van der Waals surface area (Å²) in [6.45, 7) is 4.82. The quantitative estimate of drug-likeness (QED) is 0.711. The van der Waals surface area contributed by atoms with Gasteiger partial charge in [0.05, 0.1) is 6.54 Å². The summed E-state index contributed by atoms with van der Waals surface area (Å²) in [6.07, 6.45) is 5.41. The first-order chi connectivity index (χ1) is 13.3. The van der Waals surface area contributed by atoms with E-state index in [1.165, 1.54) is 24.0 Å². The van der Waals surface area contributed by atoms with Gasteiger partial charge >= 0.3 is 0 Å². The van der Waals surface area contributed by atoms with E-state index in [2.05, 4.69) is 55.3 Å². The van der Waals surface area contributed by atoms with Crippen LogP contribution in [0.1, 0.15) is 29.9 Å². The average molecular weight is 361 g/mol. The van der Waals surface area contributed by atoms with Crippen molar-refractivity contribution in [2.24, 2.45) is 0 Å². The third kappa shape index (κ3) is 3.45. The number of hydrogen-bond donors (Lipinski definition) is 0. The van der Waals surface area contributed by atoms with Crippen LogP contribution in [0.15, 0.2) is 47.1 Å². The molecule has 0 atom stereocenters. The molecule has 2 aliphatic rings. The van der Waals surface area contributed by atoms with Crippen molar-refractivity contribution in [2.45, 2.75) is 32.4 Å². The summed E-state index contributed by atoms with van der Waals surface area (Å²) >= 11 is 0. The lowest BCUT2D eigenvalue weighted by Crippen LogP contribution is -2.30.